The van der Waals surface area contributed by atoms with Gasteiger partial charge in [0.2, 0.25) is 0 Å². The van der Waals surface area contributed by atoms with Crippen LogP contribution in [0.2, 0.25) is 0 Å². The van der Waals surface area contributed by atoms with Crippen molar-refractivity contribution in [2.75, 3.05) is 19.4 Å². The van der Waals surface area contributed by atoms with Gasteiger partial charge in [-0.15, -0.1) is 0 Å². The fraction of sp³-hybridized carbons (Fsp3) is 0.381. The Labute approximate surface area is 160 Å². The topological polar surface area (TPSA) is 72.5 Å². The molecule has 1 aliphatic rings. The quantitative estimate of drug-likeness (QED) is 0.772. The van der Waals surface area contributed by atoms with Crippen LogP contribution in [-0.2, 0) is 24.1 Å². The highest BCUT2D eigenvalue weighted by molar-refractivity contribution is 7.92. The molecule has 6 heteroatoms. The Bertz CT molecular complexity index is 894. The van der Waals surface area contributed by atoms with E-state index in [1.54, 1.807) is 0 Å². The van der Waals surface area contributed by atoms with Gasteiger partial charge in [-0.3, -0.25) is 4.79 Å². The van der Waals surface area contributed by atoms with Gasteiger partial charge in [0, 0.05) is 6.54 Å². The molecule has 0 radical (unpaired) electrons. The van der Waals surface area contributed by atoms with Crippen molar-refractivity contribution in [1.29, 1.82) is 0 Å². The molecule has 1 saturated heterocycles. The van der Waals surface area contributed by atoms with Crippen molar-refractivity contribution in [2.24, 2.45) is 0 Å². The monoisotopic (exact) mass is 387 g/mol. The lowest BCUT2D eigenvalue weighted by Crippen LogP contribution is -2.39. The second kappa shape index (κ2) is 7.82. The molecule has 1 N–H and O–H groups in total. The number of hydrogen-bond donors (Lipinski definition) is 1. The number of carbonyl (C=O) groups excluding carboxylic acids is 1. The van der Waals surface area contributed by atoms with E-state index in [1.165, 1.54) is 7.11 Å². The molecule has 2 aromatic rings. The normalized spacial score (nSPS) is 22.5. The summed E-state index contributed by atoms with van der Waals surface area (Å²) in [6.07, 6.45) is 0.724. The molecule has 0 saturated carbocycles. The fourth-order valence-electron chi connectivity index (χ4n) is 3.77. The predicted molar refractivity (Wildman–Crippen MR) is 106 cm³/mol. The summed E-state index contributed by atoms with van der Waals surface area (Å²) in [6.45, 7) is 2.06. The first-order valence-corrected chi connectivity index (χ1v) is 10.8. The van der Waals surface area contributed by atoms with Crippen LogP contribution in [0.1, 0.15) is 25.3 Å². The zero-order valence-electron chi connectivity index (χ0n) is 15.6. The molecule has 1 fully saturated rings. The minimum absolute atomic E-state index is 0.0863. The average molecular weight is 388 g/mol. The number of methoxy groups -OCH3 is 1. The first-order valence-electron chi connectivity index (χ1n) is 9.13. The molecule has 1 aliphatic heterocycles. The third kappa shape index (κ3) is 3.64. The Morgan fingerprint density at radius 3 is 2.33 bits per heavy atom. The Morgan fingerprint density at radius 2 is 1.74 bits per heavy atom. The third-order valence-electron chi connectivity index (χ3n) is 5.24. The van der Waals surface area contributed by atoms with E-state index < -0.39 is 26.6 Å². The Morgan fingerprint density at radius 1 is 1.11 bits per heavy atom. The van der Waals surface area contributed by atoms with Gasteiger partial charge in [-0.25, -0.2) is 8.42 Å². The molecule has 0 unspecified atom stereocenters. The number of esters is 1. The second-order valence-corrected chi connectivity index (χ2v) is 9.34. The van der Waals surface area contributed by atoms with E-state index in [0.29, 0.717) is 6.42 Å². The highest BCUT2D eigenvalue weighted by Gasteiger charge is 2.52. The molecule has 0 bridgehead atoms. The Hall–Kier alpha value is -2.18. The number of sulfone groups is 1. The molecule has 3 rings (SSSR count). The van der Waals surface area contributed by atoms with Crippen molar-refractivity contribution in [1.82, 2.24) is 5.32 Å². The molecule has 2 aromatic carbocycles. The number of ether oxygens (including phenoxy) is 1. The van der Waals surface area contributed by atoms with Crippen molar-refractivity contribution in [2.45, 2.75) is 30.6 Å². The van der Waals surface area contributed by atoms with Crippen LogP contribution in [0.25, 0.3) is 11.1 Å². The first kappa shape index (κ1) is 19.6. The van der Waals surface area contributed by atoms with Crippen LogP contribution in [-0.4, -0.2) is 39.8 Å². The number of benzene rings is 2. The van der Waals surface area contributed by atoms with E-state index in [1.807, 2.05) is 61.5 Å². The van der Waals surface area contributed by atoms with Gasteiger partial charge in [0.1, 0.15) is 10.8 Å². The van der Waals surface area contributed by atoms with Crippen molar-refractivity contribution in [3.63, 3.8) is 0 Å². The number of hydrogen-bond acceptors (Lipinski definition) is 5. The van der Waals surface area contributed by atoms with E-state index in [9.17, 15) is 13.2 Å². The van der Waals surface area contributed by atoms with Gasteiger partial charge in [0.15, 0.2) is 9.84 Å². The highest BCUT2D eigenvalue weighted by Crippen LogP contribution is 2.40. The second-order valence-electron chi connectivity index (χ2n) is 6.92. The van der Waals surface area contributed by atoms with Crippen LogP contribution < -0.4 is 5.32 Å². The number of rotatable bonds is 6. The molecule has 0 spiro atoms. The summed E-state index contributed by atoms with van der Waals surface area (Å²) in [7, 11) is -2.13. The van der Waals surface area contributed by atoms with Crippen molar-refractivity contribution >= 4 is 15.8 Å². The van der Waals surface area contributed by atoms with Gasteiger partial charge >= 0.3 is 5.97 Å². The summed E-state index contributed by atoms with van der Waals surface area (Å²) in [5.74, 6) is -0.340. The van der Waals surface area contributed by atoms with Gasteiger partial charge in [-0.1, -0.05) is 61.5 Å². The molecule has 0 amide bonds. The maximum Gasteiger partial charge on any atom is 0.322 e. The third-order valence-corrected chi connectivity index (χ3v) is 7.92. The zero-order valence-corrected chi connectivity index (χ0v) is 16.5. The molecular weight excluding hydrogens is 362 g/mol. The van der Waals surface area contributed by atoms with Gasteiger partial charge in [0.05, 0.1) is 12.9 Å². The summed E-state index contributed by atoms with van der Waals surface area (Å²) in [6, 6.07) is 17.0. The molecule has 0 aliphatic carbocycles. The number of nitrogens with one attached hydrogen (secondary N) is 1. The van der Waals surface area contributed by atoms with E-state index in [4.69, 9.17) is 4.74 Å². The summed E-state index contributed by atoms with van der Waals surface area (Å²) in [5.41, 5.74) is 2.82. The van der Waals surface area contributed by atoms with Gasteiger partial charge < -0.3 is 10.1 Å². The summed E-state index contributed by atoms with van der Waals surface area (Å²) in [4.78, 5) is 12.0. The van der Waals surface area contributed by atoms with Crippen LogP contribution in [0.5, 0.6) is 0 Å². The van der Waals surface area contributed by atoms with Crippen LogP contribution in [0, 0.1) is 0 Å². The van der Waals surface area contributed by atoms with Crippen LogP contribution in [0.4, 0.5) is 0 Å². The lowest BCUT2D eigenvalue weighted by atomic mass is 9.93. The largest absolute Gasteiger partial charge is 0.468 e. The number of carbonyl (C=O) groups is 1. The van der Waals surface area contributed by atoms with E-state index in [-0.39, 0.29) is 18.7 Å². The highest BCUT2D eigenvalue weighted by atomic mass is 32.2. The average Bonchev–Trinajstić information content (AvgIpc) is 3.15. The van der Waals surface area contributed by atoms with Crippen LogP contribution in [0.15, 0.2) is 54.6 Å². The first-order chi connectivity index (χ1) is 12.9. The lowest BCUT2D eigenvalue weighted by Gasteiger charge is -2.29. The van der Waals surface area contributed by atoms with Crippen LogP contribution in [0.3, 0.4) is 0 Å². The predicted octanol–water partition coefficient (Wildman–Crippen LogP) is 2.91. The smallest absolute Gasteiger partial charge is 0.322 e. The molecule has 2 atom stereocenters. The standard InChI is InChI=1S/C21H25NO4S/c1-3-13-27(24,25)21(14-19(22-15-21)20(23)26-2)18-11-9-17(10-12-18)16-7-5-4-6-8-16/h4-12,19,22H,3,13-15H2,1-2H3/t19-,21-/m0/s1. The van der Waals surface area contributed by atoms with Crippen molar-refractivity contribution in [3.05, 3.63) is 60.2 Å². The molecule has 27 heavy (non-hydrogen) atoms. The molecular formula is C21H25NO4S. The minimum atomic E-state index is -3.45. The molecule has 1 heterocycles. The molecule has 144 valence electrons. The van der Waals surface area contributed by atoms with Gasteiger partial charge in [0.25, 0.3) is 0 Å². The summed E-state index contributed by atoms with van der Waals surface area (Å²) < 4.78 is 30.1. The molecule has 0 aromatic heterocycles. The van der Waals surface area contributed by atoms with E-state index in [2.05, 4.69) is 5.32 Å². The van der Waals surface area contributed by atoms with Crippen molar-refractivity contribution in [3.8, 4) is 11.1 Å². The van der Waals surface area contributed by atoms with E-state index >= 15 is 0 Å². The minimum Gasteiger partial charge on any atom is -0.468 e. The van der Waals surface area contributed by atoms with E-state index in [0.717, 1.165) is 16.7 Å². The van der Waals surface area contributed by atoms with Crippen LogP contribution >= 0.6 is 0 Å². The fourth-order valence-corrected chi connectivity index (χ4v) is 5.92. The van der Waals surface area contributed by atoms with Crippen molar-refractivity contribution < 1.29 is 17.9 Å². The zero-order chi connectivity index (χ0) is 19.5. The summed E-state index contributed by atoms with van der Waals surface area (Å²) in [5, 5.41) is 3.05. The summed E-state index contributed by atoms with van der Waals surface area (Å²) >= 11 is 0. The maximum absolute atomic E-state index is 13.2. The van der Waals surface area contributed by atoms with Gasteiger partial charge in [-0.05, 0) is 29.5 Å². The SMILES string of the molecule is CCCS(=O)(=O)[C@]1(c2ccc(-c3ccccc3)cc2)CN[C@H](C(=O)OC)C1. The maximum atomic E-state index is 13.2. The Balaban J connectivity index is 2.00. The Kier molecular flexibility index (Phi) is 5.67. The molecule has 5 nitrogen and oxygen atoms in total. The lowest BCUT2D eigenvalue weighted by molar-refractivity contribution is -0.142. The van der Waals surface area contributed by atoms with Gasteiger partial charge in [-0.2, -0.15) is 0 Å².